The number of aliphatic hydroxyl groups is 5. The van der Waals surface area contributed by atoms with Crippen LogP contribution >= 0.6 is 0 Å². The molecule has 0 radical (unpaired) electrons. The van der Waals surface area contributed by atoms with Crippen molar-refractivity contribution in [3.63, 3.8) is 0 Å². The first-order valence-corrected chi connectivity index (χ1v) is 15.4. The minimum atomic E-state index is -1.85. The number of hydrogen-bond donors (Lipinski definition) is 7. The molecule has 5 fully saturated rings. The molecule has 11 heteroatoms. The fourth-order valence-electron chi connectivity index (χ4n) is 10.2. The predicted molar refractivity (Wildman–Crippen MR) is 143 cm³/mol. The Morgan fingerprint density at radius 3 is 2.17 bits per heavy atom. The van der Waals surface area contributed by atoms with Gasteiger partial charge in [-0.3, -0.25) is 4.79 Å². The number of fused-ring (bicyclic) bond motifs is 5. The fourth-order valence-corrected chi connectivity index (χ4v) is 10.2. The van der Waals surface area contributed by atoms with Gasteiger partial charge in [0.25, 0.3) is 0 Å². The lowest BCUT2D eigenvalue weighted by atomic mass is 9.43. The van der Waals surface area contributed by atoms with E-state index in [2.05, 4.69) is 20.8 Å². The van der Waals surface area contributed by atoms with E-state index in [9.17, 15) is 45.3 Å². The average molecular weight is 585 g/mol. The van der Waals surface area contributed by atoms with Gasteiger partial charge in [-0.15, -0.1) is 0 Å². The van der Waals surface area contributed by atoms with Gasteiger partial charge in [0, 0.05) is 6.42 Å². The second-order valence-corrected chi connectivity index (χ2v) is 14.3. The zero-order valence-electron chi connectivity index (χ0n) is 24.2. The smallest absolute Gasteiger partial charge is 0.335 e. The van der Waals surface area contributed by atoms with Crippen molar-refractivity contribution in [1.82, 2.24) is 0 Å². The molecule has 7 N–H and O–H groups in total. The maximum atomic E-state index is 12.1. The van der Waals surface area contributed by atoms with Crippen LogP contribution in [-0.4, -0.2) is 96.7 Å². The number of aliphatic hydroxyl groups excluding tert-OH is 5. The summed E-state index contributed by atoms with van der Waals surface area (Å²) in [7, 11) is 0. The van der Waals surface area contributed by atoms with Gasteiger partial charge in [-0.2, -0.15) is 0 Å². The van der Waals surface area contributed by atoms with Crippen LogP contribution in [0.15, 0.2) is 0 Å². The molecule has 0 aromatic heterocycles. The molecule has 0 bridgehead atoms. The number of aliphatic carboxylic acids is 2. The van der Waals surface area contributed by atoms with Crippen molar-refractivity contribution in [3.8, 4) is 0 Å². The third-order valence-corrected chi connectivity index (χ3v) is 12.4. The van der Waals surface area contributed by atoms with E-state index in [-0.39, 0.29) is 46.8 Å². The summed E-state index contributed by atoms with van der Waals surface area (Å²) in [6.07, 6.45) is -5.00. The highest BCUT2D eigenvalue weighted by molar-refractivity contribution is 5.73. The Morgan fingerprint density at radius 1 is 0.854 bits per heavy atom. The molecule has 11 nitrogen and oxygen atoms in total. The van der Waals surface area contributed by atoms with Gasteiger partial charge in [0.2, 0.25) is 0 Å². The molecule has 41 heavy (non-hydrogen) atoms. The normalized spacial score (nSPS) is 52.1. The van der Waals surface area contributed by atoms with Crippen molar-refractivity contribution < 1.29 is 54.8 Å². The number of carboxylic acid groups (broad SMARTS) is 2. The minimum Gasteiger partial charge on any atom is -0.481 e. The summed E-state index contributed by atoms with van der Waals surface area (Å²) in [6, 6.07) is 0. The molecule has 1 saturated heterocycles. The Bertz CT molecular complexity index is 991. The highest BCUT2D eigenvalue weighted by Crippen LogP contribution is 2.68. The first kappa shape index (κ1) is 31.1. The summed E-state index contributed by atoms with van der Waals surface area (Å²) in [5, 5.41) is 72.9. The van der Waals surface area contributed by atoms with Crippen molar-refractivity contribution in [2.75, 3.05) is 0 Å². The fraction of sp³-hybridized carbons (Fsp3) is 0.933. The van der Waals surface area contributed by atoms with E-state index in [1.807, 2.05) is 0 Å². The topological polar surface area (TPSA) is 194 Å². The Hall–Kier alpha value is -1.34. The molecule has 0 spiro atoms. The van der Waals surface area contributed by atoms with Crippen LogP contribution in [-0.2, 0) is 19.1 Å². The molecular formula is C30H48O11. The minimum absolute atomic E-state index is 0.0858. The molecule has 1 heterocycles. The molecule has 4 saturated carbocycles. The van der Waals surface area contributed by atoms with Crippen molar-refractivity contribution in [1.29, 1.82) is 0 Å². The monoisotopic (exact) mass is 584 g/mol. The molecule has 4 aliphatic carbocycles. The molecule has 0 aromatic carbocycles. The lowest BCUT2D eigenvalue weighted by Gasteiger charge is -2.64. The summed E-state index contributed by atoms with van der Waals surface area (Å²) in [6.45, 7) is 6.62. The van der Waals surface area contributed by atoms with Gasteiger partial charge >= 0.3 is 11.9 Å². The van der Waals surface area contributed by atoms with Crippen molar-refractivity contribution in [2.45, 2.75) is 128 Å². The van der Waals surface area contributed by atoms with Gasteiger partial charge in [-0.1, -0.05) is 20.8 Å². The first-order chi connectivity index (χ1) is 19.2. The van der Waals surface area contributed by atoms with Crippen LogP contribution in [0.1, 0.15) is 78.6 Å². The van der Waals surface area contributed by atoms with Crippen LogP contribution in [0.5, 0.6) is 0 Å². The summed E-state index contributed by atoms with van der Waals surface area (Å²) < 4.78 is 11.7. The maximum Gasteiger partial charge on any atom is 0.335 e. The number of rotatable bonds is 7. The summed E-state index contributed by atoms with van der Waals surface area (Å²) >= 11 is 0. The molecule has 5 aliphatic rings. The molecule has 1 unspecified atom stereocenters. The largest absolute Gasteiger partial charge is 0.481 e. The third kappa shape index (κ3) is 5.13. The van der Waals surface area contributed by atoms with Crippen molar-refractivity contribution in [2.24, 2.45) is 46.3 Å². The Morgan fingerprint density at radius 2 is 1.51 bits per heavy atom. The highest BCUT2D eigenvalue weighted by atomic mass is 16.7. The maximum absolute atomic E-state index is 12.1. The second kappa shape index (κ2) is 11.3. The van der Waals surface area contributed by atoms with E-state index in [1.54, 1.807) is 0 Å². The van der Waals surface area contributed by atoms with E-state index in [4.69, 9.17) is 9.47 Å². The van der Waals surface area contributed by atoms with E-state index in [0.29, 0.717) is 25.2 Å². The van der Waals surface area contributed by atoms with Crippen LogP contribution < -0.4 is 0 Å². The number of ether oxygens (including phenoxy) is 2. The Balaban J connectivity index is 1.45. The number of hydrogen-bond acceptors (Lipinski definition) is 9. The number of carbonyl (C=O) groups is 2. The van der Waals surface area contributed by atoms with E-state index >= 15 is 0 Å². The van der Waals surface area contributed by atoms with Gasteiger partial charge in [0.1, 0.15) is 18.3 Å². The summed E-state index contributed by atoms with van der Waals surface area (Å²) in [5.41, 5.74) is -0.371. The van der Waals surface area contributed by atoms with Crippen LogP contribution in [0, 0.1) is 46.3 Å². The van der Waals surface area contributed by atoms with Crippen molar-refractivity contribution >= 4 is 11.9 Å². The third-order valence-electron chi connectivity index (χ3n) is 12.4. The highest BCUT2D eigenvalue weighted by Gasteiger charge is 2.66. The van der Waals surface area contributed by atoms with Gasteiger partial charge in [0.15, 0.2) is 12.4 Å². The predicted octanol–water partition coefficient (Wildman–Crippen LogP) is 1.37. The average Bonchev–Trinajstić information content (AvgIpc) is 3.27. The van der Waals surface area contributed by atoms with Crippen LogP contribution in [0.2, 0.25) is 0 Å². The zero-order valence-corrected chi connectivity index (χ0v) is 24.2. The van der Waals surface area contributed by atoms with Gasteiger partial charge in [-0.25, -0.2) is 4.79 Å². The lowest BCUT2D eigenvalue weighted by molar-refractivity contribution is -0.335. The molecule has 5 rings (SSSR count). The van der Waals surface area contributed by atoms with E-state index in [0.717, 1.165) is 32.1 Å². The van der Waals surface area contributed by atoms with Crippen molar-refractivity contribution in [3.05, 3.63) is 0 Å². The molecular weight excluding hydrogens is 536 g/mol. The summed E-state index contributed by atoms with van der Waals surface area (Å²) in [5.74, 6) is -1.83. The quantitative estimate of drug-likeness (QED) is 0.214. The Labute approximate surface area is 240 Å². The standard InChI is InChI=1S/C30H48O11/c1-13(4-7-19(32)33)15-5-6-16-20-17(9-11-29(15,16)2)30(3)10-8-14(31)12-18(30)25(21(20)34)40-28-24(37)22(35)23(36)26(41-28)27(38)39/h13-18,20-26,28,31,34-37H,4-12H2,1-3H3,(H,32,33)(H,38,39)/t13-,14-,15-,16+,17+,18+,20+,21+,22+,23+,24-,25-,26+,28?,29-,30-/m1/s1. The van der Waals surface area contributed by atoms with Crippen LogP contribution in [0.4, 0.5) is 0 Å². The van der Waals surface area contributed by atoms with Gasteiger partial charge in [0.05, 0.1) is 18.3 Å². The van der Waals surface area contributed by atoms with Crippen LogP contribution in [0.25, 0.3) is 0 Å². The molecule has 234 valence electrons. The van der Waals surface area contributed by atoms with E-state index < -0.39 is 61.0 Å². The SMILES string of the molecule is C[C@H](CCC(=O)O)[C@H]1CC[C@H]2[C@@H]3[C@H](O)[C@H](OC4O[C@H](C(=O)O)[C@@H](O)[C@H](O)[C@H]4O)[C@@H]4C[C@H](O)CC[C@]4(C)[C@H]3CC[C@]12C. The molecule has 16 atom stereocenters. The zero-order chi connectivity index (χ0) is 30.0. The Kier molecular flexibility index (Phi) is 8.57. The molecule has 0 amide bonds. The first-order valence-electron chi connectivity index (χ1n) is 15.4. The van der Waals surface area contributed by atoms with Gasteiger partial charge < -0.3 is 45.2 Å². The van der Waals surface area contributed by atoms with Crippen LogP contribution in [0.3, 0.4) is 0 Å². The van der Waals surface area contributed by atoms with E-state index in [1.165, 1.54) is 0 Å². The lowest BCUT2D eigenvalue weighted by Crippen LogP contribution is -2.67. The molecule has 1 aliphatic heterocycles. The van der Waals surface area contributed by atoms with Gasteiger partial charge in [-0.05, 0) is 97.7 Å². The summed E-state index contributed by atoms with van der Waals surface area (Å²) in [4.78, 5) is 23.0. The molecule has 0 aromatic rings. The second-order valence-electron chi connectivity index (χ2n) is 14.3. The number of carboxylic acids is 2.